The maximum atomic E-state index is 13.5. The van der Waals surface area contributed by atoms with Crippen LogP contribution >= 0.6 is 11.3 Å². The Bertz CT molecular complexity index is 1240. The third kappa shape index (κ3) is 6.86. The predicted molar refractivity (Wildman–Crippen MR) is 138 cm³/mol. The van der Waals surface area contributed by atoms with Crippen LogP contribution in [-0.2, 0) is 23.9 Å². The summed E-state index contributed by atoms with van der Waals surface area (Å²) in [5.41, 5.74) is 0.278. The molecule has 0 N–H and O–H groups in total. The Morgan fingerprint density at radius 2 is 1.71 bits per heavy atom. The highest BCUT2D eigenvalue weighted by molar-refractivity contribution is 7.09. The Hall–Kier alpha value is -3.53. The number of hydrogen-bond acceptors (Lipinski definition) is 5. The first-order valence-electron chi connectivity index (χ1n) is 12.2. The maximum Gasteiger partial charge on any atom is 0.416 e. The van der Waals surface area contributed by atoms with E-state index in [0.717, 1.165) is 35.4 Å². The lowest BCUT2D eigenvalue weighted by Crippen LogP contribution is -2.44. The fourth-order valence-corrected chi connectivity index (χ4v) is 4.87. The van der Waals surface area contributed by atoms with E-state index in [-0.39, 0.29) is 24.1 Å². The SMILES string of the molecule is COc1ccc(CCN(Cc2cccs2)C(=O)CN(C(=O)c2ccc(C(F)(F)F)cc2)C2CC2)cc1OC. The number of halogens is 3. The van der Waals surface area contributed by atoms with Gasteiger partial charge in [-0.3, -0.25) is 9.59 Å². The molecule has 0 atom stereocenters. The van der Waals surface area contributed by atoms with Gasteiger partial charge in [0.1, 0.15) is 6.54 Å². The summed E-state index contributed by atoms with van der Waals surface area (Å²) in [4.78, 5) is 31.0. The summed E-state index contributed by atoms with van der Waals surface area (Å²) >= 11 is 1.54. The Morgan fingerprint density at radius 3 is 2.29 bits per heavy atom. The minimum Gasteiger partial charge on any atom is -0.493 e. The van der Waals surface area contributed by atoms with Gasteiger partial charge in [0.25, 0.3) is 5.91 Å². The predicted octanol–water partition coefficient (Wildman–Crippen LogP) is 5.66. The molecule has 1 aromatic heterocycles. The number of methoxy groups -OCH3 is 2. The van der Waals surface area contributed by atoms with Crippen LogP contribution in [0.3, 0.4) is 0 Å². The molecule has 0 aliphatic heterocycles. The number of alkyl halides is 3. The average molecular weight is 547 g/mol. The fourth-order valence-electron chi connectivity index (χ4n) is 4.15. The first-order chi connectivity index (χ1) is 18.2. The van der Waals surface area contributed by atoms with Crippen molar-refractivity contribution >= 4 is 23.2 Å². The molecule has 2 amide bonds. The molecule has 0 unspecified atom stereocenters. The third-order valence-corrected chi connectivity index (χ3v) is 7.27. The van der Waals surface area contributed by atoms with Crippen LogP contribution in [0.25, 0.3) is 0 Å². The molecule has 1 fully saturated rings. The number of amides is 2. The zero-order valence-electron chi connectivity index (χ0n) is 21.2. The molecule has 10 heteroatoms. The van der Waals surface area contributed by atoms with Crippen LogP contribution < -0.4 is 9.47 Å². The van der Waals surface area contributed by atoms with E-state index in [1.165, 1.54) is 17.0 Å². The van der Waals surface area contributed by atoms with Gasteiger partial charge in [0.2, 0.25) is 5.91 Å². The molecular weight excluding hydrogens is 517 g/mol. The van der Waals surface area contributed by atoms with E-state index < -0.39 is 17.6 Å². The van der Waals surface area contributed by atoms with E-state index in [2.05, 4.69) is 0 Å². The lowest BCUT2D eigenvalue weighted by atomic mass is 10.1. The zero-order chi connectivity index (χ0) is 27.3. The van der Waals surface area contributed by atoms with Gasteiger partial charge in [0, 0.05) is 23.0 Å². The number of nitrogens with zero attached hydrogens (tertiary/aromatic N) is 2. The normalized spacial score (nSPS) is 13.2. The molecule has 3 aromatic rings. The summed E-state index contributed by atoms with van der Waals surface area (Å²) in [5.74, 6) is 0.560. The molecule has 6 nitrogen and oxygen atoms in total. The third-order valence-electron chi connectivity index (χ3n) is 6.41. The summed E-state index contributed by atoms with van der Waals surface area (Å²) in [7, 11) is 3.13. The number of carbonyl (C=O) groups excluding carboxylic acids is 2. The monoisotopic (exact) mass is 546 g/mol. The van der Waals surface area contributed by atoms with Gasteiger partial charge in [0.05, 0.1) is 26.3 Å². The second-order valence-electron chi connectivity index (χ2n) is 9.07. The standard InChI is InChI=1S/C28H29F3N2O4S/c1-36-24-12-5-19(16-25(24)37-2)13-14-32(17-23-4-3-15-38-23)26(34)18-33(22-10-11-22)27(35)20-6-8-21(9-7-20)28(29,30)31/h3-9,12,15-16,22H,10-11,13-14,17-18H2,1-2H3. The molecule has 1 aliphatic rings. The molecule has 1 heterocycles. The minimum absolute atomic E-state index is 0.0943. The van der Waals surface area contributed by atoms with Gasteiger partial charge in [-0.25, -0.2) is 0 Å². The highest BCUT2D eigenvalue weighted by atomic mass is 32.1. The van der Waals surface area contributed by atoms with Gasteiger partial charge in [-0.15, -0.1) is 11.3 Å². The molecule has 4 rings (SSSR count). The van der Waals surface area contributed by atoms with Crippen LogP contribution in [0.2, 0.25) is 0 Å². The van der Waals surface area contributed by atoms with Crippen molar-refractivity contribution in [3.8, 4) is 11.5 Å². The van der Waals surface area contributed by atoms with Gasteiger partial charge in [-0.1, -0.05) is 12.1 Å². The molecule has 2 aromatic carbocycles. The quantitative estimate of drug-likeness (QED) is 0.312. The van der Waals surface area contributed by atoms with Crippen LogP contribution in [-0.4, -0.2) is 55.0 Å². The van der Waals surface area contributed by atoms with Crippen molar-refractivity contribution in [1.29, 1.82) is 0 Å². The van der Waals surface area contributed by atoms with Crippen molar-refractivity contribution in [2.75, 3.05) is 27.3 Å². The summed E-state index contributed by atoms with van der Waals surface area (Å²) < 4.78 is 49.5. The van der Waals surface area contributed by atoms with E-state index in [4.69, 9.17) is 9.47 Å². The van der Waals surface area contributed by atoms with Crippen molar-refractivity contribution in [3.63, 3.8) is 0 Å². The second-order valence-corrected chi connectivity index (χ2v) is 10.1. The van der Waals surface area contributed by atoms with E-state index in [9.17, 15) is 22.8 Å². The number of ether oxygens (including phenoxy) is 2. The summed E-state index contributed by atoms with van der Waals surface area (Å²) in [6, 6.07) is 13.5. The van der Waals surface area contributed by atoms with E-state index in [1.807, 2.05) is 35.7 Å². The van der Waals surface area contributed by atoms with Crippen LogP contribution in [0.4, 0.5) is 13.2 Å². The molecule has 1 aliphatic carbocycles. The molecule has 0 spiro atoms. The zero-order valence-corrected chi connectivity index (χ0v) is 22.0. The highest BCUT2D eigenvalue weighted by Crippen LogP contribution is 2.32. The van der Waals surface area contributed by atoms with Crippen molar-refractivity contribution < 1.29 is 32.2 Å². The summed E-state index contributed by atoms with van der Waals surface area (Å²) in [5, 5.41) is 1.94. The molecular formula is C28H29F3N2O4S. The van der Waals surface area contributed by atoms with Crippen LogP contribution in [0, 0.1) is 0 Å². The highest BCUT2D eigenvalue weighted by Gasteiger charge is 2.36. The van der Waals surface area contributed by atoms with Crippen LogP contribution in [0.5, 0.6) is 11.5 Å². The second kappa shape index (κ2) is 11.9. The topological polar surface area (TPSA) is 59.1 Å². The van der Waals surface area contributed by atoms with Crippen molar-refractivity contribution in [2.45, 2.75) is 38.0 Å². The van der Waals surface area contributed by atoms with E-state index >= 15 is 0 Å². The largest absolute Gasteiger partial charge is 0.493 e. The number of benzene rings is 2. The Kier molecular flexibility index (Phi) is 8.61. The van der Waals surface area contributed by atoms with Crippen LogP contribution in [0.15, 0.2) is 60.0 Å². The molecule has 202 valence electrons. The first-order valence-corrected chi connectivity index (χ1v) is 13.1. The van der Waals surface area contributed by atoms with Gasteiger partial charge < -0.3 is 19.3 Å². The smallest absolute Gasteiger partial charge is 0.416 e. The Morgan fingerprint density at radius 1 is 1.00 bits per heavy atom. The van der Waals surface area contributed by atoms with Crippen molar-refractivity contribution in [3.05, 3.63) is 81.5 Å². The van der Waals surface area contributed by atoms with Gasteiger partial charge in [-0.05, 0) is 72.7 Å². The Labute approximate surface area is 223 Å². The molecule has 0 saturated heterocycles. The summed E-state index contributed by atoms with van der Waals surface area (Å²) in [6.07, 6.45) is -2.40. The molecule has 38 heavy (non-hydrogen) atoms. The number of rotatable bonds is 11. The maximum absolute atomic E-state index is 13.5. The molecule has 0 radical (unpaired) electrons. The molecule has 0 bridgehead atoms. The van der Waals surface area contributed by atoms with Crippen LogP contribution in [0.1, 0.15) is 39.2 Å². The Balaban J connectivity index is 1.49. The first kappa shape index (κ1) is 27.5. The number of carbonyl (C=O) groups is 2. The van der Waals surface area contributed by atoms with E-state index in [0.29, 0.717) is 31.0 Å². The average Bonchev–Trinajstić information content (AvgIpc) is 3.63. The number of thiophene rings is 1. The van der Waals surface area contributed by atoms with Gasteiger partial charge in [0.15, 0.2) is 11.5 Å². The van der Waals surface area contributed by atoms with Gasteiger partial charge in [-0.2, -0.15) is 13.2 Å². The fraction of sp³-hybridized carbons (Fsp3) is 0.357. The summed E-state index contributed by atoms with van der Waals surface area (Å²) in [6.45, 7) is 0.678. The van der Waals surface area contributed by atoms with Gasteiger partial charge >= 0.3 is 6.18 Å². The molecule has 1 saturated carbocycles. The van der Waals surface area contributed by atoms with E-state index in [1.54, 1.807) is 30.5 Å². The number of hydrogen-bond donors (Lipinski definition) is 0. The lowest BCUT2D eigenvalue weighted by molar-refractivity contribution is -0.137. The minimum atomic E-state index is -4.48. The lowest BCUT2D eigenvalue weighted by Gasteiger charge is -2.28. The van der Waals surface area contributed by atoms with Crippen molar-refractivity contribution in [2.24, 2.45) is 0 Å². The van der Waals surface area contributed by atoms with Crippen molar-refractivity contribution in [1.82, 2.24) is 9.80 Å².